The number of esters is 1. The van der Waals surface area contributed by atoms with Crippen molar-refractivity contribution in [2.75, 3.05) is 20.7 Å². The topological polar surface area (TPSA) is 48.0 Å². The first-order chi connectivity index (χ1) is 14.9. The lowest BCUT2D eigenvalue weighted by molar-refractivity contribution is 0.0218. The Morgan fingerprint density at radius 2 is 2.00 bits per heavy atom. The van der Waals surface area contributed by atoms with Gasteiger partial charge in [0.2, 0.25) is 0 Å². The Balaban J connectivity index is 1.46. The van der Waals surface area contributed by atoms with Crippen LogP contribution in [0.4, 0.5) is 0 Å². The van der Waals surface area contributed by atoms with Gasteiger partial charge in [0.15, 0.2) is 11.5 Å². The smallest absolute Gasteiger partial charge is 0.338 e. The Morgan fingerprint density at radius 3 is 2.74 bits per heavy atom. The second-order valence-corrected chi connectivity index (χ2v) is 9.34. The largest absolute Gasteiger partial charge is 0.493 e. The highest BCUT2D eigenvalue weighted by molar-refractivity contribution is 6.35. The highest BCUT2D eigenvalue weighted by atomic mass is 35.5. The molecule has 2 aromatic rings. The first-order valence-corrected chi connectivity index (χ1v) is 11.1. The first-order valence-electron chi connectivity index (χ1n) is 10.3. The van der Waals surface area contributed by atoms with E-state index < -0.39 is 12.1 Å². The summed E-state index contributed by atoms with van der Waals surface area (Å²) in [5, 5.41) is 0.795. The molecule has 5 rings (SSSR count). The predicted octanol–water partition coefficient (Wildman–Crippen LogP) is 5.02. The zero-order valence-electron chi connectivity index (χ0n) is 17.4. The third-order valence-electron chi connectivity index (χ3n) is 6.49. The highest BCUT2D eigenvalue weighted by Gasteiger charge is 2.53. The molecule has 0 aromatic heterocycles. The van der Waals surface area contributed by atoms with Gasteiger partial charge in [0.05, 0.1) is 18.1 Å². The van der Waals surface area contributed by atoms with E-state index in [-0.39, 0.29) is 11.5 Å². The van der Waals surface area contributed by atoms with Crippen molar-refractivity contribution in [1.29, 1.82) is 0 Å². The predicted molar refractivity (Wildman–Crippen MR) is 119 cm³/mol. The normalized spacial score (nSPS) is 26.5. The lowest BCUT2D eigenvalue weighted by Gasteiger charge is -2.36. The zero-order chi connectivity index (χ0) is 21.8. The third-order valence-corrected chi connectivity index (χ3v) is 6.92. The van der Waals surface area contributed by atoms with Gasteiger partial charge < -0.3 is 19.1 Å². The van der Waals surface area contributed by atoms with Gasteiger partial charge in [-0.25, -0.2) is 4.79 Å². The summed E-state index contributed by atoms with van der Waals surface area (Å²) in [7, 11) is 3.80. The molecule has 0 amide bonds. The summed E-state index contributed by atoms with van der Waals surface area (Å²) in [5.41, 5.74) is 2.56. The Morgan fingerprint density at radius 1 is 1.23 bits per heavy atom. The Hall–Kier alpha value is -2.21. The molecule has 0 fully saturated rings. The second kappa shape index (κ2) is 7.73. The van der Waals surface area contributed by atoms with Gasteiger partial charge in [-0.1, -0.05) is 35.3 Å². The summed E-state index contributed by atoms with van der Waals surface area (Å²) < 4.78 is 17.8. The van der Waals surface area contributed by atoms with Crippen LogP contribution in [0.25, 0.3) is 0 Å². The van der Waals surface area contributed by atoms with E-state index in [1.807, 2.05) is 12.1 Å². The quantitative estimate of drug-likeness (QED) is 0.476. The fourth-order valence-corrected chi connectivity index (χ4v) is 5.56. The summed E-state index contributed by atoms with van der Waals surface area (Å²) in [4.78, 5) is 15.0. The molecule has 31 heavy (non-hydrogen) atoms. The van der Waals surface area contributed by atoms with E-state index in [1.54, 1.807) is 25.3 Å². The van der Waals surface area contributed by atoms with Gasteiger partial charge in [0.1, 0.15) is 12.2 Å². The van der Waals surface area contributed by atoms with Crippen molar-refractivity contribution in [3.05, 3.63) is 69.2 Å². The number of benzene rings is 2. The summed E-state index contributed by atoms with van der Waals surface area (Å²) in [5.74, 6) is 1.11. The number of ether oxygens (including phenoxy) is 3. The molecule has 2 aliphatic heterocycles. The molecular weight excluding hydrogens is 437 g/mol. The van der Waals surface area contributed by atoms with Crippen LogP contribution >= 0.6 is 23.2 Å². The lowest BCUT2D eigenvalue weighted by Crippen LogP contribution is -2.43. The van der Waals surface area contributed by atoms with Crippen molar-refractivity contribution in [1.82, 2.24) is 4.90 Å². The number of hydrogen-bond donors (Lipinski definition) is 0. The van der Waals surface area contributed by atoms with Crippen LogP contribution in [0.2, 0.25) is 10.0 Å². The number of methoxy groups -OCH3 is 1. The molecule has 3 atom stereocenters. The van der Waals surface area contributed by atoms with Crippen LogP contribution in [0.1, 0.15) is 34.3 Å². The van der Waals surface area contributed by atoms with Gasteiger partial charge in [-0.05, 0) is 55.9 Å². The summed E-state index contributed by atoms with van der Waals surface area (Å²) in [6.07, 6.45) is 5.14. The Bertz CT molecular complexity index is 1070. The van der Waals surface area contributed by atoms with Crippen molar-refractivity contribution >= 4 is 29.2 Å². The van der Waals surface area contributed by atoms with Crippen LogP contribution in [-0.4, -0.2) is 43.8 Å². The van der Waals surface area contributed by atoms with Crippen LogP contribution in [-0.2, 0) is 16.7 Å². The molecule has 3 unspecified atom stereocenters. The van der Waals surface area contributed by atoms with Gasteiger partial charge in [0.25, 0.3) is 0 Å². The van der Waals surface area contributed by atoms with E-state index in [1.165, 1.54) is 11.1 Å². The molecular formula is C24H23Cl2NO4. The molecule has 0 N–H and O–H groups in total. The summed E-state index contributed by atoms with van der Waals surface area (Å²) in [6.45, 7) is 1.82. The van der Waals surface area contributed by atoms with Crippen LogP contribution < -0.4 is 9.47 Å². The van der Waals surface area contributed by atoms with Gasteiger partial charge in [-0.3, -0.25) is 0 Å². The molecule has 162 valence electrons. The minimum absolute atomic E-state index is 0.130. The molecule has 1 spiro atoms. The van der Waals surface area contributed by atoms with Crippen LogP contribution in [0, 0.1) is 0 Å². The molecule has 0 radical (unpaired) electrons. The maximum atomic E-state index is 12.7. The SMILES string of the molecule is COc1ccc2c3c1OC1CC(OC(=O)c4cc(Cl)cc(Cl)c4)C=CC31CCN(C)C2. The van der Waals surface area contributed by atoms with Crippen LogP contribution in [0.3, 0.4) is 0 Å². The maximum absolute atomic E-state index is 12.7. The monoisotopic (exact) mass is 459 g/mol. The molecule has 1 aliphatic carbocycles. The molecule has 5 nitrogen and oxygen atoms in total. The van der Waals surface area contributed by atoms with E-state index in [0.717, 1.165) is 31.0 Å². The van der Waals surface area contributed by atoms with Crippen LogP contribution in [0.15, 0.2) is 42.5 Å². The maximum Gasteiger partial charge on any atom is 0.338 e. The van der Waals surface area contributed by atoms with Gasteiger partial charge >= 0.3 is 5.97 Å². The van der Waals surface area contributed by atoms with E-state index in [2.05, 4.69) is 24.1 Å². The molecule has 2 aromatic carbocycles. The molecule has 7 heteroatoms. The summed E-state index contributed by atoms with van der Waals surface area (Å²) in [6, 6.07) is 8.81. The molecule has 0 saturated carbocycles. The van der Waals surface area contributed by atoms with E-state index >= 15 is 0 Å². The molecule has 2 heterocycles. The minimum Gasteiger partial charge on any atom is -0.493 e. The molecule has 0 bridgehead atoms. The number of carbonyl (C=O) groups is 1. The van der Waals surface area contributed by atoms with E-state index in [4.69, 9.17) is 37.4 Å². The van der Waals surface area contributed by atoms with Gasteiger partial charge in [-0.2, -0.15) is 0 Å². The minimum atomic E-state index is -0.454. The van der Waals surface area contributed by atoms with Crippen molar-refractivity contribution in [2.45, 2.75) is 37.0 Å². The van der Waals surface area contributed by atoms with Crippen molar-refractivity contribution in [2.24, 2.45) is 0 Å². The standard InChI is InChI=1S/C24H23Cl2NO4/c1-27-8-7-24-6-5-18(30-23(28)15-9-16(25)11-17(26)10-15)12-20(24)31-22-19(29-2)4-3-14(13-27)21(22)24/h3-6,9-11,18,20H,7-8,12-13H2,1-2H3. The molecule has 3 aliphatic rings. The van der Waals surface area contributed by atoms with E-state index in [0.29, 0.717) is 22.0 Å². The number of rotatable bonds is 3. The van der Waals surface area contributed by atoms with Gasteiger partial charge in [0, 0.05) is 28.6 Å². The Labute approximate surface area is 191 Å². The van der Waals surface area contributed by atoms with Crippen molar-refractivity contribution in [3.63, 3.8) is 0 Å². The second-order valence-electron chi connectivity index (χ2n) is 8.46. The number of carbonyl (C=O) groups excluding carboxylic acids is 1. The fraction of sp³-hybridized carbons (Fsp3) is 0.375. The fourth-order valence-electron chi connectivity index (χ4n) is 5.03. The average Bonchev–Trinajstić information content (AvgIpc) is 2.99. The number of halogens is 2. The highest BCUT2D eigenvalue weighted by Crippen LogP contribution is 2.55. The average molecular weight is 460 g/mol. The number of hydrogen-bond acceptors (Lipinski definition) is 5. The number of nitrogens with zero attached hydrogens (tertiary/aromatic N) is 1. The van der Waals surface area contributed by atoms with Gasteiger partial charge in [-0.15, -0.1) is 0 Å². The lowest BCUT2D eigenvalue weighted by atomic mass is 9.69. The zero-order valence-corrected chi connectivity index (χ0v) is 18.9. The van der Waals surface area contributed by atoms with E-state index in [9.17, 15) is 4.79 Å². The van der Waals surface area contributed by atoms with Crippen molar-refractivity contribution < 1.29 is 19.0 Å². The summed E-state index contributed by atoms with van der Waals surface area (Å²) >= 11 is 12.1. The third kappa shape index (κ3) is 3.49. The Kier molecular flexibility index (Phi) is 5.16. The molecule has 0 saturated heterocycles. The first kappa shape index (κ1) is 20.7. The van der Waals surface area contributed by atoms with Crippen LogP contribution in [0.5, 0.6) is 11.5 Å². The van der Waals surface area contributed by atoms with Crippen molar-refractivity contribution in [3.8, 4) is 11.5 Å².